The molecule has 0 aliphatic carbocycles. The topological polar surface area (TPSA) is 80.9 Å². The first-order valence-electron chi connectivity index (χ1n) is 10.3. The van der Waals surface area contributed by atoms with E-state index in [0.29, 0.717) is 5.92 Å². The summed E-state index contributed by atoms with van der Waals surface area (Å²) in [4.78, 5) is 4.65. The molecule has 1 saturated heterocycles. The maximum Gasteiger partial charge on any atom is 0.191 e. The van der Waals surface area contributed by atoms with Gasteiger partial charge in [-0.15, -0.1) is 0 Å². The molecule has 1 fully saturated rings. The number of aryl methyl sites for hydroxylation is 2. The first-order valence-corrected chi connectivity index (χ1v) is 10.3. The number of ether oxygens (including phenoxy) is 2. The summed E-state index contributed by atoms with van der Waals surface area (Å²) >= 11 is 0. The number of aliphatic imine (C=N–C) groups is 1. The van der Waals surface area contributed by atoms with Crippen LogP contribution in [0.5, 0.6) is 0 Å². The van der Waals surface area contributed by atoms with Gasteiger partial charge in [-0.1, -0.05) is 5.16 Å². The zero-order valence-electron chi connectivity index (χ0n) is 17.2. The van der Waals surface area contributed by atoms with Crippen LogP contribution in [0, 0.1) is 19.8 Å². The summed E-state index contributed by atoms with van der Waals surface area (Å²) in [6.07, 6.45) is 5.16. The number of rotatable bonds is 11. The normalized spacial score (nSPS) is 15.9. The van der Waals surface area contributed by atoms with E-state index in [9.17, 15) is 0 Å². The van der Waals surface area contributed by atoms with Crippen LogP contribution in [0.25, 0.3) is 0 Å². The highest BCUT2D eigenvalue weighted by molar-refractivity contribution is 5.79. The molecule has 1 aromatic heterocycles. The molecular formula is C20H36N4O3. The Hall–Kier alpha value is -1.60. The maximum absolute atomic E-state index is 5.81. The van der Waals surface area contributed by atoms with E-state index in [4.69, 9.17) is 14.0 Å². The van der Waals surface area contributed by atoms with Gasteiger partial charge in [0.1, 0.15) is 5.76 Å². The summed E-state index contributed by atoms with van der Waals surface area (Å²) in [5, 5.41) is 10.7. The fraction of sp³-hybridized carbons (Fsp3) is 0.800. The minimum atomic E-state index is 0.670. The van der Waals surface area contributed by atoms with Crippen LogP contribution in [0.1, 0.15) is 49.6 Å². The molecule has 0 aromatic carbocycles. The monoisotopic (exact) mass is 380 g/mol. The maximum atomic E-state index is 5.81. The summed E-state index contributed by atoms with van der Waals surface area (Å²) < 4.78 is 16.4. The summed E-state index contributed by atoms with van der Waals surface area (Å²) in [5.41, 5.74) is 2.20. The van der Waals surface area contributed by atoms with Gasteiger partial charge in [-0.3, -0.25) is 4.99 Å². The van der Waals surface area contributed by atoms with Gasteiger partial charge >= 0.3 is 0 Å². The number of nitrogens with one attached hydrogen (secondary N) is 2. The van der Waals surface area contributed by atoms with Crippen LogP contribution >= 0.6 is 0 Å². The average molecular weight is 381 g/mol. The molecule has 0 spiro atoms. The Morgan fingerprint density at radius 3 is 2.74 bits per heavy atom. The van der Waals surface area contributed by atoms with Gasteiger partial charge in [0.15, 0.2) is 5.96 Å². The molecule has 0 bridgehead atoms. The number of nitrogens with zero attached hydrogens (tertiary/aromatic N) is 2. The second-order valence-electron chi connectivity index (χ2n) is 7.08. The lowest BCUT2D eigenvalue weighted by molar-refractivity contribution is 0.0203. The van der Waals surface area contributed by atoms with Gasteiger partial charge in [-0.05, 0) is 58.8 Å². The van der Waals surface area contributed by atoms with Gasteiger partial charge in [0.25, 0.3) is 0 Å². The first kappa shape index (κ1) is 21.7. The number of hydrogen-bond donors (Lipinski definition) is 2. The Morgan fingerprint density at radius 1 is 1.22 bits per heavy atom. The molecule has 7 heteroatoms. The summed E-state index contributed by atoms with van der Waals surface area (Å²) in [6.45, 7) is 12.0. The highest BCUT2D eigenvalue weighted by atomic mass is 16.5. The third-order valence-electron chi connectivity index (χ3n) is 4.83. The van der Waals surface area contributed by atoms with E-state index in [1.807, 2.05) is 13.8 Å². The minimum Gasteiger partial charge on any atom is -0.381 e. The first-order chi connectivity index (χ1) is 13.2. The molecule has 7 nitrogen and oxygen atoms in total. The van der Waals surface area contributed by atoms with E-state index in [2.05, 4.69) is 27.7 Å². The molecule has 0 atom stereocenters. The molecule has 1 aliphatic rings. The van der Waals surface area contributed by atoms with Gasteiger partial charge in [-0.25, -0.2) is 0 Å². The third-order valence-corrected chi connectivity index (χ3v) is 4.83. The molecular weight excluding hydrogens is 344 g/mol. The van der Waals surface area contributed by atoms with Crippen molar-refractivity contribution in [3.05, 3.63) is 17.0 Å². The molecule has 2 rings (SSSR count). The number of aromatic nitrogens is 1. The zero-order chi connectivity index (χ0) is 19.3. The number of guanidine groups is 1. The lowest BCUT2D eigenvalue weighted by Crippen LogP contribution is -2.38. The largest absolute Gasteiger partial charge is 0.381 e. The van der Waals surface area contributed by atoms with Crippen molar-refractivity contribution in [2.45, 2.75) is 52.9 Å². The standard InChI is InChI=1S/C20H36N4O3/c1-4-21-20(22-10-5-7-19-16(2)24-27-17(19)3)23-11-6-12-26-15-18-8-13-25-14-9-18/h18H,4-15H2,1-3H3,(H2,21,22,23). The van der Waals surface area contributed by atoms with Gasteiger partial charge in [0.05, 0.1) is 5.69 Å². The summed E-state index contributed by atoms with van der Waals surface area (Å²) in [7, 11) is 0. The number of hydrogen-bond acceptors (Lipinski definition) is 5. The predicted molar refractivity (Wildman–Crippen MR) is 107 cm³/mol. The van der Waals surface area contributed by atoms with Gasteiger partial charge in [-0.2, -0.15) is 0 Å². The van der Waals surface area contributed by atoms with Crippen LogP contribution in [0.15, 0.2) is 9.52 Å². The van der Waals surface area contributed by atoms with Crippen molar-refractivity contribution in [2.75, 3.05) is 46.1 Å². The van der Waals surface area contributed by atoms with Crippen molar-refractivity contribution in [1.82, 2.24) is 15.8 Å². The summed E-state index contributed by atoms with van der Waals surface area (Å²) in [6, 6.07) is 0. The van der Waals surface area contributed by atoms with Gasteiger partial charge < -0.3 is 24.6 Å². The minimum absolute atomic E-state index is 0.670. The third kappa shape index (κ3) is 8.30. The van der Waals surface area contributed by atoms with E-state index in [0.717, 1.165) is 95.6 Å². The molecule has 0 saturated carbocycles. The van der Waals surface area contributed by atoms with Crippen molar-refractivity contribution in [2.24, 2.45) is 10.9 Å². The molecule has 0 unspecified atom stereocenters. The molecule has 1 aliphatic heterocycles. The van der Waals surface area contributed by atoms with Crippen LogP contribution < -0.4 is 10.6 Å². The predicted octanol–water partition coefficient (Wildman–Crippen LogP) is 2.61. The van der Waals surface area contributed by atoms with Crippen LogP contribution in [-0.4, -0.2) is 57.2 Å². The quantitative estimate of drug-likeness (QED) is 0.349. The fourth-order valence-electron chi connectivity index (χ4n) is 3.19. The van der Waals surface area contributed by atoms with Crippen LogP contribution in [0.3, 0.4) is 0 Å². The van der Waals surface area contributed by atoms with Gasteiger partial charge in [0.2, 0.25) is 0 Å². The van der Waals surface area contributed by atoms with Crippen molar-refractivity contribution in [3.8, 4) is 0 Å². The lowest BCUT2D eigenvalue weighted by Gasteiger charge is -2.21. The van der Waals surface area contributed by atoms with Crippen LogP contribution in [0.4, 0.5) is 0 Å². The average Bonchev–Trinajstić information content (AvgIpc) is 3.00. The SMILES string of the molecule is CCNC(=NCCCc1c(C)noc1C)NCCCOCC1CCOCC1. The molecule has 2 N–H and O–H groups in total. The second kappa shape index (κ2) is 12.7. The van der Waals surface area contributed by atoms with E-state index in [1.54, 1.807) is 0 Å². The van der Waals surface area contributed by atoms with Crippen molar-refractivity contribution >= 4 is 5.96 Å². The molecule has 0 amide bonds. The highest BCUT2D eigenvalue weighted by Crippen LogP contribution is 2.15. The van der Waals surface area contributed by atoms with E-state index >= 15 is 0 Å². The molecule has 2 heterocycles. The molecule has 1 aromatic rings. The Kier molecular flexibility index (Phi) is 10.2. The van der Waals surface area contributed by atoms with Gasteiger partial charge in [0, 0.05) is 51.6 Å². The molecule has 154 valence electrons. The Morgan fingerprint density at radius 2 is 2.04 bits per heavy atom. The van der Waals surface area contributed by atoms with E-state index < -0.39 is 0 Å². The molecule has 27 heavy (non-hydrogen) atoms. The van der Waals surface area contributed by atoms with E-state index in [1.165, 1.54) is 5.56 Å². The Balaban J connectivity index is 1.57. The summed E-state index contributed by atoms with van der Waals surface area (Å²) in [5.74, 6) is 2.46. The van der Waals surface area contributed by atoms with Crippen molar-refractivity contribution < 1.29 is 14.0 Å². The second-order valence-corrected chi connectivity index (χ2v) is 7.08. The lowest BCUT2D eigenvalue weighted by atomic mass is 10.0. The van der Waals surface area contributed by atoms with Crippen molar-refractivity contribution in [1.29, 1.82) is 0 Å². The van der Waals surface area contributed by atoms with E-state index in [-0.39, 0.29) is 0 Å². The van der Waals surface area contributed by atoms with Crippen molar-refractivity contribution in [3.63, 3.8) is 0 Å². The highest BCUT2D eigenvalue weighted by Gasteiger charge is 2.13. The van der Waals surface area contributed by atoms with Crippen LogP contribution in [-0.2, 0) is 15.9 Å². The Labute approximate surface area is 163 Å². The zero-order valence-corrected chi connectivity index (χ0v) is 17.2. The van der Waals surface area contributed by atoms with Crippen LogP contribution in [0.2, 0.25) is 0 Å². The smallest absolute Gasteiger partial charge is 0.191 e. The molecule has 0 radical (unpaired) electrons. The Bertz CT molecular complexity index is 534. The fourth-order valence-corrected chi connectivity index (χ4v) is 3.19.